The second-order valence-electron chi connectivity index (χ2n) is 3.21. The molecule has 2 heteroatoms. The lowest BCUT2D eigenvalue weighted by atomic mass is 10.1. The number of aryl methyl sites for hydroxylation is 2. The normalized spacial score (nSPS) is 10.9. The van der Waals surface area contributed by atoms with E-state index >= 15 is 0 Å². The Hall–Kier alpha value is -1.31. The molecule has 0 aliphatic rings. The van der Waals surface area contributed by atoms with Crippen molar-refractivity contribution in [3.8, 4) is 0 Å². The Morgan fingerprint density at radius 2 is 2.15 bits per heavy atom. The van der Waals surface area contributed by atoms with Crippen LogP contribution in [0.1, 0.15) is 5.56 Å². The third-order valence-electron chi connectivity index (χ3n) is 2.36. The fourth-order valence-electron chi connectivity index (χ4n) is 1.66. The molecule has 0 atom stereocenters. The largest absolute Gasteiger partial charge is 0.345 e. The lowest BCUT2D eigenvalue weighted by molar-refractivity contribution is 0.451. The van der Waals surface area contributed by atoms with E-state index in [1.807, 2.05) is 29.0 Å². The highest BCUT2D eigenvalue weighted by Gasteiger charge is 2.01. The van der Waals surface area contributed by atoms with Crippen LogP contribution in [0.15, 0.2) is 30.5 Å². The third-order valence-corrected chi connectivity index (χ3v) is 2.36. The molecule has 0 saturated carbocycles. The van der Waals surface area contributed by atoms with Gasteiger partial charge in [-0.1, -0.05) is 12.1 Å². The number of nitrogens with zero attached hydrogens (tertiary/aromatic N) is 1. The molecule has 0 radical (unpaired) electrons. The van der Waals surface area contributed by atoms with E-state index < -0.39 is 0 Å². The zero-order valence-corrected chi connectivity index (χ0v) is 7.63. The molecule has 2 rings (SSSR count). The number of aromatic nitrogens is 1. The van der Waals surface area contributed by atoms with Gasteiger partial charge in [-0.3, -0.25) is 0 Å². The Morgan fingerprint density at radius 3 is 2.92 bits per heavy atom. The van der Waals surface area contributed by atoms with Gasteiger partial charge in [-0.2, -0.15) is 0 Å². The quantitative estimate of drug-likeness (QED) is 0.664. The molecular formula is C11H12FN. The summed E-state index contributed by atoms with van der Waals surface area (Å²) in [4.78, 5) is 0. The van der Waals surface area contributed by atoms with Crippen molar-refractivity contribution < 1.29 is 4.39 Å². The minimum atomic E-state index is -0.308. The second-order valence-corrected chi connectivity index (χ2v) is 3.21. The van der Waals surface area contributed by atoms with Crippen LogP contribution < -0.4 is 0 Å². The number of fused-ring (bicyclic) bond motifs is 1. The van der Waals surface area contributed by atoms with Crippen LogP contribution in [0.3, 0.4) is 0 Å². The summed E-state index contributed by atoms with van der Waals surface area (Å²) in [5.74, 6) is 0. The molecule has 1 nitrogen and oxygen atoms in total. The Morgan fingerprint density at radius 1 is 1.31 bits per heavy atom. The minimum absolute atomic E-state index is 0.308. The SMILES string of the molecule is Cc1cccc2c1ccn2CCF. The lowest BCUT2D eigenvalue weighted by Gasteiger charge is -2.01. The van der Waals surface area contributed by atoms with E-state index in [2.05, 4.69) is 13.0 Å². The fraction of sp³-hybridized carbons (Fsp3) is 0.273. The molecule has 1 aromatic heterocycles. The predicted octanol–water partition coefficient (Wildman–Crippen LogP) is 2.92. The van der Waals surface area contributed by atoms with Gasteiger partial charge < -0.3 is 4.57 Å². The molecule has 0 fully saturated rings. The first-order chi connectivity index (χ1) is 6.33. The van der Waals surface area contributed by atoms with Gasteiger partial charge in [0.25, 0.3) is 0 Å². The molecule has 0 bridgehead atoms. The summed E-state index contributed by atoms with van der Waals surface area (Å²) in [6.45, 7) is 2.22. The van der Waals surface area contributed by atoms with Gasteiger partial charge in [0.1, 0.15) is 6.67 Å². The molecule has 1 heterocycles. The van der Waals surface area contributed by atoms with E-state index in [1.165, 1.54) is 10.9 Å². The third kappa shape index (κ3) is 1.32. The molecule has 68 valence electrons. The van der Waals surface area contributed by atoms with Gasteiger partial charge in [-0.15, -0.1) is 0 Å². The fourth-order valence-corrected chi connectivity index (χ4v) is 1.66. The summed E-state index contributed by atoms with van der Waals surface area (Å²) in [5, 5.41) is 1.22. The number of rotatable bonds is 2. The molecule has 0 spiro atoms. The smallest absolute Gasteiger partial charge is 0.107 e. The van der Waals surface area contributed by atoms with E-state index in [0.29, 0.717) is 6.54 Å². The standard InChI is InChI=1S/C11H12FN/c1-9-3-2-4-11-10(9)5-7-13(11)8-6-12/h2-5,7H,6,8H2,1H3. The van der Waals surface area contributed by atoms with Crippen molar-refractivity contribution in [3.63, 3.8) is 0 Å². The number of halogens is 1. The zero-order valence-electron chi connectivity index (χ0n) is 7.63. The topological polar surface area (TPSA) is 4.93 Å². The van der Waals surface area contributed by atoms with E-state index in [1.54, 1.807) is 0 Å². The van der Waals surface area contributed by atoms with Crippen molar-refractivity contribution in [2.24, 2.45) is 0 Å². The lowest BCUT2D eigenvalue weighted by Crippen LogP contribution is -1.96. The molecule has 0 saturated heterocycles. The van der Waals surface area contributed by atoms with Gasteiger partial charge in [0, 0.05) is 17.1 Å². The van der Waals surface area contributed by atoms with Crippen molar-refractivity contribution in [1.82, 2.24) is 4.57 Å². The maximum atomic E-state index is 12.2. The van der Waals surface area contributed by atoms with E-state index in [0.717, 1.165) is 5.52 Å². The highest BCUT2D eigenvalue weighted by molar-refractivity contribution is 5.83. The molecule has 2 aromatic rings. The molecular weight excluding hydrogens is 165 g/mol. The van der Waals surface area contributed by atoms with Crippen LogP contribution >= 0.6 is 0 Å². The summed E-state index contributed by atoms with van der Waals surface area (Å²) < 4.78 is 14.1. The molecule has 0 aliphatic carbocycles. The van der Waals surface area contributed by atoms with E-state index in [4.69, 9.17) is 0 Å². The molecule has 13 heavy (non-hydrogen) atoms. The maximum absolute atomic E-state index is 12.2. The van der Waals surface area contributed by atoms with Crippen molar-refractivity contribution in [1.29, 1.82) is 0 Å². The van der Waals surface area contributed by atoms with Gasteiger partial charge >= 0.3 is 0 Å². The first-order valence-electron chi connectivity index (χ1n) is 4.43. The van der Waals surface area contributed by atoms with Crippen LogP contribution in [-0.4, -0.2) is 11.2 Å². The molecule has 0 N–H and O–H groups in total. The Bertz CT molecular complexity index is 417. The molecule has 0 amide bonds. The number of hydrogen-bond acceptors (Lipinski definition) is 0. The summed E-state index contributed by atoms with van der Waals surface area (Å²) in [7, 11) is 0. The van der Waals surface area contributed by atoms with Crippen LogP contribution in [0.25, 0.3) is 10.9 Å². The summed E-state index contributed by atoms with van der Waals surface area (Å²) >= 11 is 0. The van der Waals surface area contributed by atoms with Crippen molar-refractivity contribution in [2.75, 3.05) is 6.67 Å². The van der Waals surface area contributed by atoms with E-state index in [9.17, 15) is 4.39 Å². The monoisotopic (exact) mass is 177 g/mol. The first kappa shape index (κ1) is 8.30. The van der Waals surface area contributed by atoms with Gasteiger partial charge in [0.2, 0.25) is 0 Å². The predicted molar refractivity (Wildman–Crippen MR) is 52.7 cm³/mol. The van der Waals surface area contributed by atoms with Crippen LogP contribution in [0.4, 0.5) is 4.39 Å². The first-order valence-corrected chi connectivity index (χ1v) is 4.43. The highest BCUT2D eigenvalue weighted by atomic mass is 19.1. The van der Waals surface area contributed by atoms with Crippen molar-refractivity contribution >= 4 is 10.9 Å². The Balaban J connectivity index is 2.61. The van der Waals surface area contributed by atoms with Crippen LogP contribution in [-0.2, 0) is 6.54 Å². The Kier molecular flexibility index (Phi) is 2.05. The molecule has 0 unspecified atom stereocenters. The van der Waals surface area contributed by atoms with Gasteiger partial charge in [0.05, 0.1) is 6.54 Å². The van der Waals surface area contributed by atoms with Gasteiger partial charge in [-0.25, -0.2) is 4.39 Å². The summed E-state index contributed by atoms with van der Waals surface area (Å²) in [5.41, 5.74) is 2.37. The average Bonchev–Trinajstić information content (AvgIpc) is 2.51. The van der Waals surface area contributed by atoms with E-state index in [-0.39, 0.29) is 6.67 Å². The summed E-state index contributed by atoms with van der Waals surface area (Å²) in [6.07, 6.45) is 1.94. The Labute approximate surface area is 76.8 Å². The summed E-state index contributed by atoms with van der Waals surface area (Å²) in [6, 6.07) is 8.15. The number of benzene rings is 1. The van der Waals surface area contributed by atoms with Crippen molar-refractivity contribution in [2.45, 2.75) is 13.5 Å². The number of hydrogen-bond donors (Lipinski definition) is 0. The maximum Gasteiger partial charge on any atom is 0.107 e. The van der Waals surface area contributed by atoms with Gasteiger partial charge in [0.15, 0.2) is 0 Å². The molecule has 0 aliphatic heterocycles. The zero-order chi connectivity index (χ0) is 9.26. The average molecular weight is 177 g/mol. The van der Waals surface area contributed by atoms with Crippen LogP contribution in [0.2, 0.25) is 0 Å². The highest BCUT2D eigenvalue weighted by Crippen LogP contribution is 2.19. The minimum Gasteiger partial charge on any atom is -0.345 e. The molecule has 1 aromatic carbocycles. The number of alkyl halides is 1. The van der Waals surface area contributed by atoms with Crippen LogP contribution in [0.5, 0.6) is 0 Å². The second kappa shape index (κ2) is 3.21. The van der Waals surface area contributed by atoms with Crippen molar-refractivity contribution in [3.05, 3.63) is 36.0 Å². The van der Waals surface area contributed by atoms with Gasteiger partial charge in [-0.05, 0) is 24.6 Å². The van der Waals surface area contributed by atoms with Crippen LogP contribution in [0, 0.1) is 6.92 Å².